The summed E-state index contributed by atoms with van der Waals surface area (Å²) in [7, 11) is 0. The van der Waals surface area contributed by atoms with Crippen molar-refractivity contribution >= 4 is 11.8 Å². The van der Waals surface area contributed by atoms with E-state index in [9.17, 15) is 4.39 Å². The SMILES string of the molecule is NCc1nnc(SCc2nnc(-c3ccc(F)cc3)o2)o1. The van der Waals surface area contributed by atoms with Crippen LogP contribution in [0.15, 0.2) is 38.3 Å². The van der Waals surface area contributed by atoms with Crippen LogP contribution in [0.4, 0.5) is 4.39 Å². The molecule has 0 saturated heterocycles. The Morgan fingerprint density at radius 3 is 2.48 bits per heavy atom. The van der Waals surface area contributed by atoms with Gasteiger partial charge in [0.25, 0.3) is 5.22 Å². The normalized spacial score (nSPS) is 11.0. The molecule has 0 amide bonds. The fourth-order valence-electron chi connectivity index (χ4n) is 1.52. The Morgan fingerprint density at radius 1 is 1.00 bits per heavy atom. The molecule has 0 bridgehead atoms. The van der Waals surface area contributed by atoms with E-state index in [2.05, 4.69) is 20.4 Å². The minimum absolute atomic E-state index is 0.197. The van der Waals surface area contributed by atoms with Crippen molar-refractivity contribution in [3.63, 3.8) is 0 Å². The molecule has 0 aliphatic heterocycles. The van der Waals surface area contributed by atoms with Crippen molar-refractivity contribution in [2.24, 2.45) is 5.73 Å². The van der Waals surface area contributed by atoms with Gasteiger partial charge in [-0.25, -0.2) is 4.39 Å². The van der Waals surface area contributed by atoms with Crippen LogP contribution in [-0.4, -0.2) is 20.4 Å². The van der Waals surface area contributed by atoms with Gasteiger partial charge in [-0.05, 0) is 24.3 Å². The highest BCUT2D eigenvalue weighted by atomic mass is 32.2. The number of thioether (sulfide) groups is 1. The van der Waals surface area contributed by atoms with Crippen molar-refractivity contribution in [1.29, 1.82) is 0 Å². The number of halogens is 1. The molecule has 0 saturated carbocycles. The molecule has 0 aliphatic rings. The van der Waals surface area contributed by atoms with Crippen LogP contribution in [0.5, 0.6) is 0 Å². The van der Waals surface area contributed by atoms with Crippen molar-refractivity contribution < 1.29 is 13.2 Å². The highest BCUT2D eigenvalue weighted by molar-refractivity contribution is 7.98. The lowest BCUT2D eigenvalue weighted by Crippen LogP contribution is -1.95. The summed E-state index contributed by atoms with van der Waals surface area (Å²) in [6, 6.07) is 5.82. The van der Waals surface area contributed by atoms with Gasteiger partial charge in [-0.1, -0.05) is 11.8 Å². The zero-order valence-corrected chi connectivity index (χ0v) is 11.5. The first-order valence-electron chi connectivity index (χ1n) is 5.98. The molecular formula is C12H10FN5O2S. The second kappa shape index (κ2) is 6.02. The highest BCUT2D eigenvalue weighted by Crippen LogP contribution is 2.23. The molecule has 0 spiro atoms. The minimum Gasteiger partial charge on any atom is -0.420 e. The maximum atomic E-state index is 12.8. The smallest absolute Gasteiger partial charge is 0.277 e. The second-order valence-electron chi connectivity index (χ2n) is 3.96. The first-order valence-corrected chi connectivity index (χ1v) is 6.97. The summed E-state index contributed by atoms with van der Waals surface area (Å²) in [5.41, 5.74) is 6.03. The molecule has 108 valence electrons. The molecule has 0 radical (unpaired) electrons. The number of hydrogen-bond acceptors (Lipinski definition) is 8. The van der Waals surface area contributed by atoms with E-state index in [0.717, 1.165) is 0 Å². The fourth-order valence-corrected chi connectivity index (χ4v) is 2.14. The molecule has 21 heavy (non-hydrogen) atoms. The third kappa shape index (κ3) is 3.26. The molecule has 2 heterocycles. The average molecular weight is 307 g/mol. The summed E-state index contributed by atoms with van der Waals surface area (Å²) in [5.74, 6) is 1.18. The Kier molecular flexibility index (Phi) is 3.93. The molecule has 3 rings (SSSR count). The van der Waals surface area contributed by atoms with Crippen LogP contribution < -0.4 is 5.73 Å². The van der Waals surface area contributed by atoms with Gasteiger partial charge in [0, 0.05) is 5.56 Å². The Morgan fingerprint density at radius 2 is 1.76 bits per heavy atom. The number of aromatic nitrogens is 4. The molecule has 1 aromatic carbocycles. The molecular weight excluding hydrogens is 297 g/mol. The Hall–Kier alpha value is -2.26. The van der Waals surface area contributed by atoms with E-state index in [-0.39, 0.29) is 12.4 Å². The zero-order valence-electron chi connectivity index (χ0n) is 10.7. The molecule has 0 aliphatic carbocycles. The maximum absolute atomic E-state index is 12.8. The molecule has 0 unspecified atom stereocenters. The lowest BCUT2D eigenvalue weighted by molar-refractivity contribution is 0.414. The summed E-state index contributed by atoms with van der Waals surface area (Å²) >= 11 is 1.27. The highest BCUT2D eigenvalue weighted by Gasteiger charge is 2.11. The summed E-state index contributed by atoms with van der Waals surface area (Å²) < 4.78 is 23.6. The van der Waals surface area contributed by atoms with Crippen LogP contribution >= 0.6 is 11.8 Å². The summed E-state index contributed by atoms with van der Waals surface area (Å²) in [4.78, 5) is 0. The van der Waals surface area contributed by atoms with Gasteiger partial charge in [-0.3, -0.25) is 0 Å². The van der Waals surface area contributed by atoms with Crippen LogP contribution in [0, 0.1) is 5.82 Å². The van der Waals surface area contributed by atoms with Gasteiger partial charge < -0.3 is 14.6 Å². The van der Waals surface area contributed by atoms with Gasteiger partial charge in [0.15, 0.2) is 0 Å². The lowest BCUT2D eigenvalue weighted by atomic mass is 10.2. The Bertz CT molecular complexity index is 727. The molecule has 2 aromatic heterocycles. The van der Waals surface area contributed by atoms with Crippen molar-refractivity contribution in [2.45, 2.75) is 17.5 Å². The van der Waals surface area contributed by atoms with Gasteiger partial charge in [-0.15, -0.1) is 20.4 Å². The molecule has 9 heteroatoms. The quantitative estimate of drug-likeness (QED) is 0.714. The van der Waals surface area contributed by atoms with E-state index in [1.807, 2.05) is 0 Å². The standard InChI is InChI=1S/C12H10FN5O2S/c13-8-3-1-7(2-4-8)11-17-16-10(19-11)6-21-12-18-15-9(5-14)20-12/h1-4H,5-6,14H2. The summed E-state index contributed by atoms with van der Waals surface area (Å²) in [5, 5.41) is 15.8. The van der Waals surface area contributed by atoms with Crippen LogP contribution in [0.1, 0.15) is 11.8 Å². The number of nitrogens with zero attached hydrogens (tertiary/aromatic N) is 4. The third-order valence-corrected chi connectivity index (χ3v) is 3.30. The van der Waals surface area contributed by atoms with Gasteiger partial charge in [0.1, 0.15) is 5.82 Å². The number of nitrogens with two attached hydrogens (primary N) is 1. The number of rotatable bonds is 5. The van der Waals surface area contributed by atoms with Crippen LogP contribution in [0.2, 0.25) is 0 Å². The molecule has 0 fully saturated rings. The minimum atomic E-state index is -0.318. The fraction of sp³-hybridized carbons (Fsp3) is 0.167. The molecule has 7 nitrogen and oxygen atoms in total. The van der Waals surface area contributed by atoms with E-state index in [1.165, 1.54) is 23.9 Å². The van der Waals surface area contributed by atoms with Gasteiger partial charge in [0.05, 0.1) is 12.3 Å². The third-order valence-electron chi connectivity index (χ3n) is 2.50. The van der Waals surface area contributed by atoms with Crippen molar-refractivity contribution in [1.82, 2.24) is 20.4 Å². The first-order chi connectivity index (χ1) is 10.2. The molecule has 2 N–H and O–H groups in total. The van der Waals surface area contributed by atoms with Gasteiger partial charge in [-0.2, -0.15) is 0 Å². The zero-order chi connectivity index (χ0) is 14.7. The topological polar surface area (TPSA) is 104 Å². The lowest BCUT2D eigenvalue weighted by Gasteiger charge is -1.93. The summed E-state index contributed by atoms with van der Waals surface area (Å²) in [6.45, 7) is 0.197. The first kappa shape index (κ1) is 13.7. The largest absolute Gasteiger partial charge is 0.420 e. The molecule has 3 aromatic rings. The van der Waals surface area contributed by atoms with E-state index >= 15 is 0 Å². The van der Waals surface area contributed by atoms with Crippen molar-refractivity contribution in [3.05, 3.63) is 41.9 Å². The molecule has 0 atom stereocenters. The Balaban J connectivity index is 1.66. The van der Waals surface area contributed by atoms with Crippen molar-refractivity contribution in [2.75, 3.05) is 0 Å². The van der Waals surface area contributed by atoms with Crippen LogP contribution in [0.25, 0.3) is 11.5 Å². The van der Waals surface area contributed by atoms with Crippen LogP contribution in [0.3, 0.4) is 0 Å². The van der Waals surface area contributed by atoms with E-state index in [4.69, 9.17) is 14.6 Å². The predicted octanol–water partition coefficient (Wildman–Crippen LogP) is 2.01. The Labute approximate surface area is 122 Å². The average Bonchev–Trinajstić information content (AvgIpc) is 3.15. The maximum Gasteiger partial charge on any atom is 0.277 e. The van der Waals surface area contributed by atoms with E-state index in [0.29, 0.717) is 34.2 Å². The van der Waals surface area contributed by atoms with Gasteiger partial charge in [0.2, 0.25) is 17.7 Å². The number of benzene rings is 1. The van der Waals surface area contributed by atoms with E-state index < -0.39 is 0 Å². The monoisotopic (exact) mass is 307 g/mol. The summed E-state index contributed by atoms with van der Waals surface area (Å²) in [6.07, 6.45) is 0. The number of hydrogen-bond donors (Lipinski definition) is 1. The van der Waals surface area contributed by atoms with E-state index in [1.54, 1.807) is 12.1 Å². The predicted molar refractivity (Wildman–Crippen MR) is 71.4 cm³/mol. The van der Waals surface area contributed by atoms with Crippen molar-refractivity contribution in [3.8, 4) is 11.5 Å². The van der Waals surface area contributed by atoms with Gasteiger partial charge >= 0.3 is 0 Å². The van der Waals surface area contributed by atoms with Crippen LogP contribution in [-0.2, 0) is 12.3 Å². The second-order valence-corrected chi connectivity index (χ2v) is 4.89.